The largest absolute Gasteiger partial charge is 0.489 e. The van der Waals surface area contributed by atoms with Crippen molar-refractivity contribution in [1.82, 2.24) is 9.88 Å². The van der Waals surface area contributed by atoms with E-state index in [1.165, 1.54) is 11.1 Å². The molecule has 1 atom stereocenters. The summed E-state index contributed by atoms with van der Waals surface area (Å²) in [6.07, 6.45) is 3.70. The van der Waals surface area contributed by atoms with E-state index >= 15 is 0 Å². The van der Waals surface area contributed by atoms with E-state index in [2.05, 4.69) is 17.1 Å². The summed E-state index contributed by atoms with van der Waals surface area (Å²) in [7, 11) is 0. The topological polar surface area (TPSA) is 51.7 Å². The number of carbonyl (C=O) groups is 1. The average molecular weight is 385 g/mol. The molecule has 0 saturated carbocycles. The van der Waals surface area contributed by atoms with E-state index in [1.54, 1.807) is 18.5 Å². The summed E-state index contributed by atoms with van der Waals surface area (Å²) in [6, 6.07) is 9.92. The molecule has 1 aromatic carbocycles. The van der Waals surface area contributed by atoms with E-state index < -0.39 is 0 Å². The third-order valence-electron chi connectivity index (χ3n) is 5.04. The molecule has 2 aromatic rings. The second-order valence-electron chi connectivity index (χ2n) is 6.83. The molecule has 1 saturated heterocycles. The fourth-order valence-corrected chi connectivity index (χ4v) is 3.78. The zero-order valence-corrected chi connectivity index (χ0v) is 15.9. The Morgan fingerprint density at radius 1 is 1.37 bits per heavy atom. The summed E-state index contributed by atoms with van der Waals surface area (Å²) in [4.78, 5) is 19.0. The molecule has 1 fully saturated rings. The van der Waals surface area contributed by atoms with Gasteiger partial charge in [0.1, 0.15) is 18.5 Å². The van der Waals surface area contributed by atoms with E-state index in [9.17, 15) is 4.79 Å². The number of allylic oxidation sites excluding steroid dienone is 1. The Kier molecular flexibility index (Phi) is 5.14. The number of hydrogen-bond donors (Lipinski definition) is 0. The van der Waals surface area contributed by atoms with Crippen molar-refractivity contribution in [1.29, 1.82) is 0 Å². The van der Waals surface area contributed by atoms with Crippen LogP contribution in [0.2, 0.25) is 5.02 Å². The van der Waals surface area contributed by atoms with E-state index in [-0.39, 0.29) is 12.0 Å². The van der Waals surface area contributed by atoms with Crippen LogP contribution in [-0.2, 0) is 16.0 Å². The SMILES string of the molecule is CC1=C(C(=O)N2CCOC(COc3cncc(Cl)c3)C2)Cc2ccccc21. The third kappa shape index (κ3) is 3.84. The Bertz CT molecular complexity index is 897. The minimum atomic E-state index is -0.175. The highest BCUT2D eigenvalue weighted by Gasteiger charge is 2.30. The molecule has 1 aliphatic carbocycles. The van der Waals surface area contributed by atoms with Crippen molar-refractivity contribution in [3.63, 3.8) is 0 Å². The Morgan fingerprint density at radius 2 is 2.22 bits per heavy atom. The first kappa shape index (κ1) is 18.0. The van der Waals surface area contributed by atoms with Gasteiger partial charge in [0.2, 0.25) is 0 Å². The number of hydrogen-bond acceptors (Lipinski definition) is 4. The molecule has 0 spiro atoms. The zero-order valence-electron chi connectivity index (χ0n) is 15.2. The molecule has 0 bridgehead atoms. The molecule has 140 valence electrons. The Labute approximate surface area is 163 Å². The zero-order chi connectivity index (χ0) is 18.8. The number of halogens is 1. The van der Waals surface area contributed by atoms with Crippen LogP contribution in [0, 0.1) is 0 Å². The summed E-state index contributed by atoms with van der Waals surface area (Å²) in [5, 5.41) is 0.525. The summed E-state index contributed by atoms with van der Waals surface area (Å²) >= 11 is 5.92. The standard InChI is InChI=1S/C21H21ClN2O3/c1-14-19-5-3-2-4-15(19)8-20(14)21(25)24-6-7-26-18(12-24)13-27-17-9-16(22)10-23-11-17/h2-5,9-11,18H,6-8,12-13H2,1H3. The maximum Gasteiger partial charge on any atom is 0.250 e. The van der Waals surface area contributed by atoms with Gasteiger partial charge in [0.05, 0.1) is 24.4 Å². The van der Waals surface area contributed by atoms with Crippen molar-refractivity contribution in [3.05, 3.63) is 64.4 Å². The Morgan fingerprint density at radius 3 is 3.04 bits per heavy atom. The van der Waals surface area contributed by atoms with Crippen LogP contribution in [0.25, 0.3) is 5.57 Å². The van der Waals surface area contributed by atoms with Gasteiger partial charge in [-0.15, -0.1) is 0 Å². The normalized spacial score (nSPS) is 19.2. The number of morpholine rings is 1. The molecule has 2 aliphatic rings. The summed E-state index contributed by atoms with van der Waals surface area (Å²) < 4.78 is 11.5. The van der Waals surface area contributed by atoms with Crippen molar-refractivity contribution in [3.8, 4) is 5.75 Å². The van der Waals surface area contributed by atoms with Gasteiger partial charge >= 0.3 is 0 Å². The molecule has 0 radical (unpaired) electrons. The maximum atomic E-state index is 13.1. The lowest BCUT2D eigenvalue weighted by Gasteiger charge is -2.33. The quantitative estimate of drug-likeness (QED) is 0.811. The number of fused-ring (bicyclic) bond motifs is 1. The highest BCUT2D eigenvalue weighted by molar-refractivity contribution is 6.30. The van der Waals surface area contributed by atoms with Gasteiger partial charge < -0.3 is 14.4 Å². The van der Waals surface area contributed by atoms with Gasteiger partial charge in [-0.05, 0) is 23.6 Å². The van der Waals surface area contributed by atoms with Crippen LogP contribution in [0.5, 0.6) is 5.75 Å². The maximum absolute atomic E-state index is 13.1. The smallest absolute Gasteiger partial charge is 0.250 e. The first-order valence-electron chi connectivity index (χ1n) is 9.04. The highest BCUT2D eigenvalue weighted by atomic mass is 35.5. The molecular formula is C21H21ClN2O3. The van der Waals surface area contributed by atoms with Crippen LogP contribution in [0.3, 0.4) is 0 Å². The number of nitrogens with zero attached hydrogens (tertiary/aromatic N) is 2. The number of pyridine rings is 1. The average Bonchev–Trinajstić information content (AvgIpc) is 3.03. The second kappa shape index (κ2) is 7.71. The van der Waals surface area contributed by atoms with Crippen molar-refractivity contribution in [2.45, 2.75) is 19.4 Å². The van der Waals surface area contributed by atoms with Gasteiger partial charge in [-0.1, -0.05) is 35.9 Å². The van der Waals surface area contributed by atoms with Crippen LogP contribution in [0.15, 0.2) is 48.3 Å². The number of amides is 1. The molecular weight excluding hydrogens is 364 g/mol. The molecule has 1 amide bonds. The Balaban J connectivity index is 1.40. The van der Waals surface area contributed by atoms with E-state index in [1.807, 2.05) is 24.0 Å². The summed E-state index contributed by atoms with van der Waals surface area (Å²) in [6.45, 7) is 4.00. The third-order valence-corrected chi connectivity index (χ3v) is 5.25. The minimum absolute atomic E-state index is 0.0985. The molecule has 5 nitrogen and oxygen atoms in total. The molecule has 2 heterocycles. The van der Waals surface area contributed by atoms with E-state index in [0.29, 0.717) is 43.5 Å². The highest BCUT2D eigenvalue weighted by Crippen LogP contribution is 2.33. The lowest BCUT2D eigenvalue weighted by Crippen LogP contribution is -2.48. The molecule has 6 heteroatoms. The van der Waals surface area contributed by atoms with Crippen LogP contribution < -0.4 is 4.74 Å². The number of rotatable bonds is 4. The van der Waals surface area contributed by atoms with Crippen molar-refractivity contribution in [2.75, 3.05) is 26.3 Å². The van der Waals surface area contributed by atoms with Crippen molar-refractivity contribution in [2.24, 2.45) is 0 Å². The van der Waals surface area contributed by atoms with Crippen LogP contribution in [-0.4, -0.2) is 48.2 Å². The molecule has 0 N–H and O–H groups in total. The number of benzene rings is 1. The first-order valence-corrected chi connectivity index (χ1v) is 9.42. The lowest BCUT2D eigenvalue weighted by molar-refractivity contribution is -0.135. The van der Waals surface area contributed by atoms with Gasteiger partial charge in [0.25, 0.3) is 5.91 Å². The monoisotopic (exact) mass is 384 g/mol. The van der Waals surface area contributed by atoms with Crippen LogP contribution >= 0.6 is 11.6 Å². The van der Waals surface area contributed by atoms with E-state index in [0.717, 1.165) is 11.1 Å². The van der Waals surface area contributed by atoms with Crippen molar-refractivity contribution >= 4 is 23.1 Å². The second-order valence-corrected chi connectivity index (χ2v) is 7.27. The summed E-state index contributed by atoms with van der Waals surface area (Å²) in [5.74, 6) is 0.695. The number of aromatic nitrogens is 1. The number of ether oxygens (including phenoxy) is 2. The first-order chi connectivity index (χ1) is 13.1. The van der Waals surface area contributed by atoms with Gasteiger partial charge in [-0.3, -0.25) is 9.78 Å². The molecule has 1 unspecified atom stereocenters. The van der Waals surface area contributed by atoms with Crippen LogP contribution in [0.4, 0.5) is 0 Å². The molecule has 1 aliphatic heterocycles. The van der Waals surface area contributed by atoms with Gasteiger partial charge in [0, 0.05) is 30.8 Å². The molecule has 4 rings (SSSR count). The fraction of sp³-hybridized carbons (Fsp3) is 0.333. The Hall–Kier alpha value is -2.37. The molecule has 1 aromatic heterocycles. The predicted molar refractivity (Wildman–Crippen MR) is 104 cm³/mol. The fourth-order valence-electron chi connectivity index (χ4n) is 3.62. The predicted octanol–water partition coefficient (Wildman–Crippen LogP) is 3.37. The van der Waals surface area contributed by atoms with Gasteiger partial charge in [-0.25, -0.2) is 0 Å². The van der Waals surface area contributed by atoms with Crippen LogP contribution in [0.1, 0.15) is 18.1 Å². The summed E-state index contributed by atoms with van der Waals surface area (Å²) in [5.41, 5.74) is 4.37. The molecule has 27 heavy (non-hydrogen) atoms. The minimum Gasteiger partial charge on any atom is -0.489 e. The van der Waals surface area contributed by atoms with Crippen molar-refractivity contribution < 1.29 is 14.3 Å². The van der Waals surface area contributed by atoms with Gasteiger partial charge in [-0.2, -0.15) is 0 Å². The lowest BCUT2D eigenvalue weighted by atomic mass is 10.1. The number of carbonyl (C=O) groups excluding carboxylic acids is 1. The van der Waals surface area contributed by atoms with Gasteiger partial charge in [0.15, 0.2) is 0 Å². The van der Waals surface area contributed by atoms with E-state index in [4.69, 9.17) is 21.1 Å².